The Kier molecular flexibility index (Phi) is 5.97. The molecule has 0 amide bonds. The van der Waals surface area contributed by atoms with Gasteiger partial charge in [-0.15, -0.1) is 15.3 Å². The monoisotopic (exact) mass is 522 g/mol. The molecule has 4 heterocycles. The number of ether oxygens (including phenoxy) is 1. The number of aromatic hydroxyl groups is 1. The van der Waals surface area contributed by atoms with Crippen molar-refractivity contribution in [1.82, 2.24) is 25.7 Å². The number of fused-ring (bicyclic) bond motifs is 2. The first-order valence-electron chi connectivity index (χ1n) is 13.2. The second-order valence-corrected chi connectivity index (χ2v) is 11.5. The van der Waals surface area contributed by atoms with Gasteiger partial charge < -0.3 is 20.5 Å². The average molecular weight is 523 g/mol. The molecular formula is C28H32F2N6O2. The number of anilines is 1. The Hall–Kier alpha value is -3.40. The Balaban J connectivity index is 1.27. The fourth-order valence-corrected chi connectivity index (χ4v) is 6.96. The summed E-state index contributed by atoms with van der Waals surface area (Å²) in [6.07, 6.45) is 8.31. The van der Waals surface area contributed by atoms with Crippen LogP contribution in [-0.4, -0.2) is 49.7 Å². The largest absolute Gasteiger partial charge is 0.507 e. The molecule has 2 bridgehead atoms. The molecule has 38 heavy (non-hydrogen) atoms. The number of phenolic OH excluding ortho intramolecular Hbond substituents is 1. The first-order valence-corrected chi connectivity index (χ1v) is 13.2. The van der Waals surface area contributed by atoms with Crippen molar-refractivity contribution >= 4 is 5.82 Å². The zero-order chi connectivity index (χ0) is 26.7. The molecule has 10 heteroatoms. The van der Waals surface area contributed by atoms with Crippen LogP contribution in [0.3, 0.4) is 0 Å². The highest BCUT2D eigenvalue weighted by Gasteiger charge is 2.56. The summed E-state index contributed by atoms with van der Waals surface area (Å²) >= 11 is 0. The molecule has 8 nitrogen and oxygen atoms in total. The first-order chi connectivity index (χ1) is 18.2. The molecule has 6 rings (SSSR count). The molecule has 4 atom stereocenters. The summed E-state index contributed by atoms with van der Waals surface area (Å²) in [5.41, 5.74) is -0.0768. The maximum absolute atomic E-state index is 15.2. The summed E-state index contributed by atoms with van der Waals surface area (Å²) in [5, 5.41) is 34.2. The van der Waals surface area contributed by atoms with Gasteiger partial charge in [0.05, 0.1) is 24.6 Å². The van der Waals surface area contributed by atoms with Crippen molar-refractivity contribution in [3.8, 4) is 34.0 Å². The van der Waals surface area contributed by atoms with Gasteiger partial charge in [-0.3, -0.25) is 0 Å². The number of hydrogen-bond acceptors (Lipinski definition) is 8. The number of rotatable bonds is 6. The molecule has 2 saturated heterocycles. The summed E-state index contributed by atoms with van der Waals surface area (Å²) in [4.78, 5) is 0. The number of nitrogens with zero attached hydrogens (tertiary/aromatic N) is 4. The molecule has 3 fully saturated rings. The van der Waals surface area contributed by atoms with Crippen LogP contribution in [0.4, 0.5) is 14.6 Å². The molecule has 0 radical (unpaired) electrons. The van der Waals surface area contributed by atoms with Crippen molar-refractivity contribution in [3.63, 3.8) is 0 Å². The van der Waals surface area contributed by atoms with Gasteiger partial charge in [0.2, 0.25) is 5.88 Å². The van der Waals surface area contributed by atoms with Crippen molar-refractivity contribution in [2.24, 2.45) is 11.8 Å². The van der Waals surface area contributed by atoms with Gasteiger partial charge >= 0.3 is 0 Å². The number of phenols is 1. The quantitative estimate of drug-likeness (QED) is 0.411. The number of methoxy groups -OCH3 is 1. The summed E-state index contributed by atoms with van der Waals surface area (Å²) in [6, 6.07) is 6.08. The van der Waals surface area contributed by atoms with E-state index >= 15 is 8.78 Å². The van der Waals surface area contributed by atoms with Gasteiger partial charge in [-0.2, -0.15) is 5.10 Å². The molecule has 2 aromatic heterocycles. The molecule has 1 aromatic carbocycles. The van der Waals surface area contributed by atoms with E-state index in [0.29, 0.717) is 17.7 Å². The van der Waals surface area contributed by atoms with Crippen molar-refractivity contribution in [1.29, 1.82) is 0 Å². The van der Waals surface area contributed by atoms with Gasteiger partial charge in [-0.05, 0) is 82.4 Å². The van der Waals surface area contributed by atoms with E-state index < -0.39 is 17.4 Å². The summed E-state index contributed by atoms with van der Waals surface area (Å²) in [7, 11) is 1.39. The Morgan fingerprint density at radius 1 is 1.08 bits per heavy atom. The number of aromatic nitrogens is 4. The SMILES string of the molecule is COc1cc(-c2cc(O)c(-c3ccc(NC4CC5(C)CCCC(C)(N5)C4C4CC4)nn3)c(F)c2F)cnn1. The number of nitrogens with one attached hydrogen (secondary N) is 2. The standard InChI is InChI=1S/C28H32F2N6O2/c1-27-9-4-10-28(2,36-27)24(15-5-6-15)19(13-27)32-21-8-7-18(33-34-21)23-20(37)12-17(25(29)26(23)30)16-11-22(38-3)35-31-14-16/h7-8,11-12,14-15,19,24,36-37H,4-6,9-10,13H2,1-3H3,(H,32,34). The Morgan fingerprint density at radius 2 is 1.89 bits per heavy atom. The minimum absolute atomic E-state index is 0.0429. The normalized spacial score (nSPS) is 28.7. The van der Waals surface area contributed by atoms with Gasteiger partial charge in [-0.1, -0.05) is 0 Å². The van der Waals surface area contributed by atoms with Gasteiger partial charge in [0, 0.05) is 34.3 Å². The van der Waals surface area contributed by atoms with Crippen LogP contribution >= 0.6 is 0 Å². The Labute approximate surface area is 220 Å². The smallest absolute Gasteiger partial charge is 0.233 e. The van der Waals surface area contributed by atoms with Crippen LogP contribution in [0.2, 0.25) is 0 Å². The topological polar surface area (TPSA) is 105 Å². The number of halogens is 2. The van der Waals surface area contributed by atoms with E-state index in [1.54, 1.807) is 12.1 Å². The van der Waals surface area contributed by atoms with E-state index in [-0.39, 0.29) is 45.4 Å². The van der Waals surface area contributed by atoms with Crippen LogP contribution in [0.25, 0.3) is 22.4 Å². The predicted octanol–water partition coefficient (Wildman–Crippen LogP) is 5.09. The van der Waals surface area contributed by atoms with E-state index in [1.807, 2.05) is 0 Å². The molecule has 3 N–H and O–H groups in total. The minimum Gasteiger partial charge on any atom is -0.507 e. The van der Waals surface area contributed by atoms with Crippen LogP contribution in [0.15, 0.2) is 30.5 Å². The van der Waals surface area contributed by atoms with E-state index in [4.69, 9.17) is 4.74 Å². The minimum atomic E-state index is -1.22. The predicted molar refractivity (Wildman–Crippen MR) is 139 cm³/mol. The summed E-state index contributed by atoms with van der Waals surface area (Å²) < 4.78 is 35.3. The van der Waals surface area contributed by atoms with Crippen LogP contribution < -0.4 is 15.4 Å². The maximum atomic E-state index is 15.2. The number of piperidine rings is 2. The zero-order valence-corrected chi connectivity index (χ0v) is 21.8. The van der Waals surface area contributed by atoms with Crippen molar-refractivity contribution < 1.29 is 18.6 Å². The number of hydrogen-bond donors (Lipinski definition) is 3. The third-order valence-corrected chi connectivity index (χ3v) is 8.57. The van der Waals surface area contributed by atoms with Crippen molar-refractivity contribution in [2.45, 2.75) is 69.5 Å². The molecule has 200 valence electrons. The number of benzene rings is 1. The third kappa shape index (κ3) is 4.34. The average Bonchev–Trinajstić information content (AvgIpc) is 3.71. The first kappa shape index (κ1) is 24.9. The van der Waals surface area contributed by atoms with Crippen LogP contribution in [0.5, 0.6) is 11.6 Å². The van der Waals surface area contributed by atoms with E-state index in [9.17, 15) is 5.11 Å². The molecule has 2 aliphatic heterocycles. The molecule has 4 unspecified atom stereocenters. The fourth-order valence-electron chi connectivity index (χ4n) is 6.96. The zero-order valence-electron chi connectivity index (χ0n) is 21.8. The van der Waals surface area contributed by atoms with Gasteiger partial charge in [-0.25, -0.2) is 8.78 Å². The van der Waals surface area contributed by atoms with Crippen molar-refractivity contribution in [2.75, 3.05) is 12.4 Å². The second-order valence-electron chi connectivity index (χ2n) is 11.5. The Morgan fingerprint density at radius 3 is 2.61 bits per heavy atom. The van der Waals surface area contributed by atoms with Crippen LogP contribution in [0, 0.1) is 23.5 Å². The highest BCUT2D eigenvalue weighted by atomic mass is 19.2. The fraction of sp³-hybridized carbons (Fsp3) is 0.500. The molecule has 3 aliphatic rings. The van der Waals surface area contributed by atoms with Gasteiger partial charge in [0.15, 0.2) is 11.6 Å². The molecular weight excluding hydrogens is 490 g/mol. The molecule has 1 aliphatic carbocycles. The van der Waals surface area contributed by atoms with E-state index in [1.165, 1.54) is 38.6 Å². The summed E-state index contributed by atoms with van der Waals surface area (Å²) in [5.74, 6) is -0.888. The second kappa shape index (κ2) is 9.11. The lowest BCUT2D eigenvalue weighted by Crippen LogP contribution is -2.70. The van der Waals surface area contributed by atoms with Crippen LogP contribution in [0.1, 0.15) is 52.4 Å². The van der Waals surface area contributed by atoms with E-state index in [2.05, 4.69) is 44.9 Å². The lowest BCUT2D eigenvalue weighted by molar-refractivity contribution is 0.0193. The Bertz CT molecular complexity index is 1370. The molecule has 1 saturated carbocycles. The van der Waals surface area contributed by atoms with E-state index in [0.717, 1.165) is 25.3 Å². The van der Waals surface area contributed by atoms with Gasteiger partial charge in [0.25, 0.3) is 0 Å². The third-order valence-electron chi connectivity index (χ3n) is 8.57. The molecule has 0 spiro atoms. The summed E-state index contributed by atoms with van der Waals surface area (Å²) in [6.45, 7) is 4.66. The van der Waals surface area contributed by atoms with Crippen molar-refractivity contribution in [3.05, 3.63) is 42.1 Å². The maximum Gasteiger partial charge on any atom is 0.233 e. The lowest BCUT2D eigenvalue weighted by Gasteiger charge is -2.58. The highest BCUT2D eigenvalue weighted by Crippen LogP contribution is 2.53. The van der Waals surface area contributed by atoms with Crippen LogP contribution in [-0.2, 0) is 0 Å². The van der Waals surface area contributed by atoms with Gasteiger partial charge in [0.1, 0.15) is 11.6 Å². The highest BCUT2D eigenvalue weighted by molar-refractivity contribution is 5.75. The lowest BCUT2D eigenvalue weighted by atomic mass is 9.62. The molecule has 3 aromatic rings.